The molecular weight excluding hydrogens is 324 g/mol. The number of hydrogen-bond donors (Lipinski definition) is 3. The summed E-state index contributed by atoms with van der Waals surface area (Å²) in [6.45, 7) is 12.6. The van der Waals surface area contributed by atoms with Gasteiger partial charge in [0.1, 0.15) is 8.24 Å². The summed E-state index contributed by atoms with van der Waals surface area (Å²) in [6.07, 6.45) is -0.253. The van der Waals surface area contributed by atoms with Crippen LogP contribution < -0.4 is 10.3 Å². The molecule has 23 heavy (non-hydrogen) atoms. The Kier molecular flexibility index (Phi) is 6.36. The zero-order valence-electron chi connectivity index (χ0n) is 14.9. The predicted molar refractivity (Wildman–Crippen MR) is 103 cm³/mol. The third-order valence-electron chi connectivity index (χ3n) is 3.49. The lowest BCUT2D eigenvalue weighted by Gasteiger charge is -2.28. The summed E-state index contributed by atoms with van der Waals surface area (Å²) in [5.41, 5.74) is 1.75. The molecule has 0 unspecified atom stereocenters. The normalized spacial score (nSPS) is 13.3. The van der Waals surface area contributed by atoms with E-state index in [9.17, 15) is 4.79 Å². The maximum Gasteiger partial charge on any atom is 0.405 e. The summed E-state index contributed by atoms with van der Waals surface area (Å²) in [6, 6.07) is 8.24. The van der Waals surface area contributed by atoms with Crippen LogP contribution in [0.4, 0.5) is 4.79 Å². The van der Waals surface area contributed by atoms with E-state index in [1.807, 2.05) is 26.0 Å². The molecule has 4 nitrogen and oxygen atoms in total. The molecular formula is C17H28N2O2SSi. The highest BCUT2D eigenvalue weighted by Crippen LogP contribution is 2.26. The number of carbonyl (C=O) groups is 1. The maximum atomic E-state index is 10.8. The lowest BCUT2D eigenvalue weighted by molar-refractivity contribution is 0.179. The van der Waals surface area contributed by atoms with Crippen LogP contribution in [-0.4, -0.2) is 30.0 Å². The van der Waals surface area contributed by atoms with Crippen molar-refractivity contribution < 1.29 is 9.90 Å². The van der Waals surface area contributed by atoms with Crippen LogP contribution in [0, 0.1) is 0 Å². The Labute approximate surface area is 145 Å². The SMILES string of the molecule is C[C@@H](CC(C)(C)NC(=O)O)c1ccc(C(=S)N[Si](C)(C)C)cc1. The Morgan fingerprint density at radius 2 is 1.78 bits per heavy atom. The van der Waals surface area contributed by atoms with Gasteiger partial charge in [0.2, 0.25) is 0 Å². The quantitative estimate of drug-likeness (QED) is 0.527. The number of nitrogens with one attached hydrogen (secondary N) is 2. The Hall–Kier alpha value is -1.40. The second-order valence-electron chi connectivity index (χ2n) is 7.75. The minimum absolute atomic E-state index is 0.254. The van der Waals surface area contributed by atoms with Crippen molar-refractivity contribution in [3.8, 4) is 0 Å². The molecule has 1 amide bonds. The monoisotopic (exact) mass is 352 g/mol. The second-order valence-corrected chi connectivity index (χ2v) is 12.9. The largest absolute Gasteiger partial charge is 0.465 e. The van der Waals surface area contributed by atoms with Crippen LogP contribution in [0.5, 0.6) is 0 Å². The van der Waals surface area contributed by atoms with Gasteiger partial charge in [0, 0.05) is 11.1 Å². The first-order valence-corrected chi connectivity index (χ1v) is 11.7. The molecule has 1 aromatic rings. The van der Waals surface area contributed by atoms with E-state index in [-0.39, 0.29) is 5.92 Å². The highest BCUT2D eigenvalue weighted by Gasteiger charge is 2.24. The third kappa shape index (κ3) is 7.13. The number of hydrogen-bond acceptors (Lipinski definition) is 2. The number of amides is 1. The van der Waals surface area contributed by atoms with Crippen LogP contribution in [0.15, 0.2) is 24.3 Å². The van der Waals surface area contributed by atoms with Crippen molar-refractivity contribution in [2.24, 2.45) is 0 Å². The molecule has 0 aliphatic carbocycles. The highest BCUT2D eigenvalue weighted by molar-refractivity contribution is 7.80. The summed E-state index contributed by atoms with van der Waals surface area (Å²) < 4.78 is 0. The van der Waals surface area contributed by atoms with E-state index in [1.54, 1.807) is 0 Å². The van der Waals surface area contributed by atoms with Gasteiger partial charge in [-0.3, -0.25) is 0 Å². The summed E-state index contributed by atoms with van der Waals surface area (Å²) in [4.78, 5) is 15.1. The molecule has 0 aliphatic heterocycles. The Balaban J connectivity index is 2.76. The average Bonchev–Trinajstić information content (AvgIpc) is 2.34. The van der Waals surface area contributed by atoms with Crippen molar-refractivity contribution in [3.63, 3.8) is 0 Å². The standard InChI is InChI=1S/C17H28N2O2SSi/c1-12(11-17(2,3)18-16(20)21)13-7-9-14(10-8-13)15(22)19-23(4,5)6/h7-10,12,18H,11H2,1-6H3,(H,19,22)(H,20,21)/t12-/m0/s1. The van der Waals surface area contributed by atoms with Crippen LogP contribution in [0.3, 0.4) is 0 Å². The molecule has 0 fully saturated rings. The van der Waals surface area contributed by atoms with Gasteiger partial charge in [0.15, 0.2) is 0 Å². The fourth-order valence-electron chi connectivity index (χ4n) is 2.60. The van der Waals surface area contributed by atoms with Gasteiger partial charge in [-0.05, 0) is 31.7 Å². The molecule has 1 atom stereocenters. The van der Waals surface area contributed by atoms with Crippen LogP contribution >= 0.6 is 12.2 Å². The summed E-state index contributed by atoms with van der Waals surface area (Å²) >= 11 is 5.46. The Bertz CT molecular complexity index is 565. The van der Waals surface area contributed by atoms with Gasteiger partial charge in [-0.25, -0.2) is 4.79 Å². The molecule has 0 aliphatic rings. The molecule has 6 heteroatoms. The molecule has 1 rings (SSSR count). The Morgan fingerprint density at radius 3 is 2.22 bits per heavy atom. The fourth-order valence-corrected chi connectivity index (χ4v) is 4.48. The van der Waals surface area contributed by atoms with E-state index in [0.717, 1.165) is 17.0 Å². The molecule has 0 saturated heterocycles. The lowest BCUT2D eigenvalue weighted by atomic mass is 9.87. The first-order chi connectivity index (χ1) is 10.4. The van der Waals surface area contributed by atoms with Crippen LogP contribution in [0.2, 0.25) is 19.6 Å². The van der Waals surface area contributed by atoms with Gasteiger partial charge in [-0.15, -0.1) is 0 Å². The highest BCUT2D eigenvalue weighted by atomic mass is 32.1. The summed E-state index contributed by atoms with van der Waals surface area (Å²) in [5.74, 6) is 0.254. The van der Waals surface area contributed by atoms with Crippen LogP contribution in [0.25, 0.3) is 0 Å². The van der Waals surface area contributed by atoms with Crippen LogP contribution in [0.1, 0.15) is 44.2 Å². The topological polar surface area (TPSA) is 61.4 Å². The molecule has 0 aromatic heterocycles. The summed E-state index contributed by atoms with van der Waals surface area (Å²) in [5, 5.41) is 11.5. The van der Waals surface area contributed by atoms with Gasteiger partial charge in [-0.1, -0.05) is 63.0 Å². The fraction of sp³-hybridized carbons (Fsp3) is 0.529. The molecule has 0 heterocycles. The van der Waals surface area contributed by atoms with E-state index < -0.39 is 19.9 Å². The summed E-state index contributed by atoms with van der Waals surface area (Å²) in [7, 11) is -1.44. The molecule has 0 spiro atoms. The lowest BCUT2D eigenvalue weighted by Crippen LogP contribution is -2.44. The van der Waals surface area contributed by atoms with E-state index >= 15 is 0 Å². The van der Waals surface area contributed by atoms with Crippen molar-refractivity contribution in [3.05, 3.63) is 35.4 Å². The van der Waals surface area contributed by atoms with Crippen LogP contribution in [-0.2, 0) is 0 Å². The molecule has 128 valence electrons. The zero-order valence-corrected chi connectivity index (χ0v) is 16.7. The van der Waals surface area contributed by atoms with E-state index in [1.165, 1.54) is 5.56 Å². The first-order valence-electron chi connectivity index (χ1n) is 7.83. The van der Waals surface area contributed by atoms with Gasteiger partial charge >= 0.3 is 6.09 Å². The molecule has 3 N–H and O–H groups in total. The minimum atomic E-state index is -1.44. The number of carboxylic acid groups (broad SMARTS) is 1. The van der Waals surface area contributed by atoms with Gasteiger partial charge in [-0.2, -0.15) is 0 Å². The minimum Gasteiger partial charge on any atom is -0.465 e. The van der Waals surface area contributed by atoms with Gasteiger partial charge in [0.05, 0.1) is 4.99 Å². The number of rotatable bonds is 6. The third-order valence-corrected chi connectivity index (χ3v) is 5.01. The zero-order chi connectivity index (χ0) is 17.8. The van der Waals surface area contributed by atoms with E-state index in [0.29, 0.717) is 0 Å². The maximum absolute atomic E-state index is 10.8. The smallest absolute Gasteiger partial charge is 0.405 e. The van der Waals surface area contributed by atoms with Crippen molar-refractivity contribution in [2.45, 2.75) is 58.3 Å². The average molecular weight is 353 g/mol. The van der Waals surface area contributed by atoms with Crippen molar-refractivity contribution in [1.29, 1.82) is 0 Å². The first kappa shape index (κ1) is 19.6. The number of thiocarbonyl (C=S) groups is 1. The van der Waals surface area contributed by atoms with Gasteiger partial charge < -0.3 is 15.4 Å². The molecule has 0 radical (unpaired) electrons. The molecule has 0 bridgehead atoms. The van der Waals surface area contributed by atoms with Crippen molar-refractivity contribution in [1.82, 2.24) is 10.3 Å². The van der Waals surface area contributed by atoms with Crippen molar-refractivity contribution in [2.75, 3.05) is 0 Å². The van der Waals surface area contributed by atoms with E-state index in [2.05, 4.69) is 49.0 Å². The Morgan fingerprint density at radius 1 is 1.26 bits per heavy atom. The predicted octanol–water partition coefficient (Wildman–Crippen LogP) is 4.33. The second kappa shape index (κ2) is 7.44. The van der Waals surface area contributed by atoms with E-state index in [4.69, 9.17) is 17.3 Å². The molecule has 1 aromatic carbocycles. The van der Waals surface area contributed by atoms with Crippen molar-refractivity contribution >= 4 is 31.5 Å². The molecule has 0 saturated carbocycles. The number of benzene rings is 1. The van der Waals surface area contributed by atoms with Gasteiger partial charge in [0.25, 0.3) is 0 Å².